The van der Waals surface area contributed by atoms with Gasteiger partial charge in [-0.25, -0.2) is 4.39 Å². The van der Waals surface area contributed by atoms with E-state index in [0.29, 0.717) is 10.0 Å². The highest BCUT2D eigenvalue weighted by Crippen LogP contribution is 2.24. The maximum Gasteiger partial charge on any atom is 0.259 e. The molecule has 0 aliphatic carbocycles. The Morgan fingerprint density at radius 3 is 2.63 bits per heavy atom. The molecule has 0 aliphatic rings. The third-order valence-corrected chi connectivity index (χ3v) is 4.04. The molecule has 19 heavy (non-hydrogen) atoms. The molecule has 0 aromatic heterocycles. The van der Waals surface area contributed by atoms with Gasteiger partial charge < -0.3 is 4.90 Å². The van der Waals surface area contributed by atoms with E-state index in [1.54, 1.807) is 31.3 Å². The average Bonchev–Trinajstić information content (AvgIpc) is 2.40. The van der Waals surface area contributed by atoms with Crippen LogP contribution in [0.4, 0.5) is 10.1 Å². The Bertz CT molecular complexity index is 633. The van der Waals surface area contributed by atoms with E-state index in [0.717, 1.165) is 3.57 Å². The van der Waals surface area contributed by atoms with E-state index in [1.807, 2.05) is 12.1 Å². The third kappa shape index (κ3) is 3.14. The number of carbonyl (C=O) groups is 1. The van der Waals surface area contributed by atoms with Crippen molar-refractivity contribution in [3.63, 3.8) is 0 Å². The van der Waals surface area contributed by atoms with Gasteiger partial charge in [-0.1, -0.05) is 12.1 Å². The molecule has 1 amide bonds. The van der Waals surface area contributed by atoms with E-state index >= 15 is 0 Å². The number of hydrogen-bond donors (Lipinski definition) is 0. The Morgan fingerprint density at radius 2 is 1.95 bits per heavy atom. The molecule has 2 nitrogen and oxygen atoms in total. The van der Waals surface area contributed by atoms with Crippen molar-refractivity contribution in [1.29, 1.82) is 0 Å². The number of anilines is 1. The number of hydrogen-bond acceptors (Lipinski definition) is 1. The number of nitrogens with zero attached hydrogens (tertiary/aromatic N) is 1. The maximum absolute atomic E-state index is 13.7. The van der Waals surface area contributed by atoms with Crippen LogP contribution in [-0.2, 0) is 0 Å². The average molecular weight is 434 g/mol. The second-order valence-electron chi connectivity index (χ2n) is 3.94. The van der Waals surface area contributed by atoms with Crippen LogP contribution in [0.2, 0.25) is 0 Å². The second kappa shape index (κ2) is 6.00. The van der Waals surface area contributed by atoms with Gasteiger partial charge in [0.15, 0.2) is 0 Å². The van der Waals surface area contributed by atoms with Crippen molar-refractivity contribution in [2.45, 2.75) is 0 Å². The third-order valence-electron chi connectivity index (χ3n) is 2.68. The first-order valence-corrected chi connectivity index (χ1v) is 7.35. The summed E-state index contributed by atoms with van der Waals surface area (Å²) < 4.78 is 15.3. The minimum atomic E-state index is -0.417. The minimum absolute atomic E-state index is 0.254. The fourth-order valence-electron chi connectivity index (χ4n) is 1.68. The van der Waals surface area contributed by atoms with Crippen molar-refractivity contribution in [2.75, 3.05) is 11.9 Å². The van der Waals surface area contributed by atoms with Crippen LogP contribution in [0.5, 0.6) is 0 Å². The van der Waals surface area contributed by atoms with E-state index in [1.165, 1.54) is 11.0 Å². The standard InChI is InChI=1S/C14H10BrFINO/c1-18(13-5-3-2-4-12(13)16)14(19)10-8-9(17)6-7-11(10)15/h2-8H,1H3. The first kappa shape index (κ1) is 14.5. The second-order valence-corrected chi connectivity index (χ2v) is 6.04. The molecule has 5 heteroatoms. The van der Waals surface area contributed by atoms with E-state index in [2.05, 4.69) is 38.5 Å². The number of rotatable bonds is 2. The predicted molar refractivity (Wildman–Crippen MR) is 86.0 cm³/mol. The van der Waals surface area contributed by atoms with Crippen LogP contribution in [0, 0.1) is 9.39 Å². The summed E-state index contributed by atoms with van der Waals surface area (Å²) in [5, 5.41) is 0. The Morgan fingerprint density at radius 1 is 1.26 bits per heavy atom. The smallest absolute Gasteiger partial charge is 0.259 e. The van der Waals surface area contributed by atoms with E-state index < -0.39 is 5.82 Å². The van der Waals surface area contributed by atoms with E-state index in [9.17, 15) is 9.18 Å². The summed E-state index contributed by atoms with van der Waals surface area (Å²) in [5.41, 5.74) is 0.774. The highest BCUT2D eigenvalue weighted by atomic mass is 127. The number of para-hydroxylation sites is 1. The van der Waals surface area contributed by atoms with Crippen molar-refractivity contribution in [2.24, 2.45) is 0 Å². The van der Waals surface area contributed by atoms with Gasteiger partial charge >= 0.3 is 0 Å². The van der Waals surface area contributed by atoms with Crippen LogP contribution in [0.15, 0.2) is 46.9 Å². The molecule has 2 aromatic rings. The molecule has 0 saturated carbocycles. The van der Waals surface area contributed by atoms with E-state index in [-0.39, 0.29) is 11.6 Å². The van der Waals surface area contributed by atoms with Gasteiger partial charge in [0.05, 0.1) is 11.3 Å². The molecule has 0 heterocycles. The molecule has 0 N–H and O–H groups in total. The summed E-state index contributed by atoms with van der Waals surface area (Å²) in [4.78, 5) is 13.7. The Hall–Kier alpha value is -0.950. The predicted octanol–water partition coefficient (Wildman–Crippen LogP) is 4.47. The summed E-state index contributed by atoms with van der Waals surface area (Å²) in [5.74, 6) is -0.671. The molecule has 0 spiro atoms. The fraction of sp³-hybridized carbons (Fsp3) is 0.0714. The van der Waals surface area contributed by atoms with Crippen molar-refractivity contribution in [3.8, 4) is 0 Å². The summed E-state index contributed by atoms with van der Waals surface area (Å²) in [7, 11) is 1.56. The Kier molecular flexibility index (Phi) is 4.57. The van der Waals surface area contributed by atoms with Gasteiger partial charge in [-0.05, 0) is 68.9 Å². The van der Waals surface area contributed by atoms with Gasteiger partial charge in [0.25, 0.3) is 5.91 Å². The zero-order valence-corrected chi connectivity index (χ0v) is 13.8. The molecule has 0 fully saturated rings. The van der Waals surface area contributed by atoms with Gasteiger partial charge in [0.2, 0.25) is 0 Å². The van der Waals surface area contributed by atoms with Gasteiger partial charge in [-0.2, -0.15) is 0 Å². The van der Waals surface area contributed by atoms with Gasteiger partial charge in [-0.15, -0.1) is 0 Å². The summed E-state index contributed by atoms with van der Waals surface area (Å²) >= 11 is 5.48. The fourth-order valence-corrected chi connectivity index (χ4v) is 2.58. The molecule has 0 unspecified atom stereocenters. The zero-order valence-electron chi connectivity index (χ0n) is 10.0. The first-order chi connectivity index (χ1) is 9.00. The van der Waals surface area contributed by atoms with E-state index in [4.69, 9.17) is 0 Å². The van der Waals surface area contributed by atoms with Gasteiger partial charge in [0.1, 0.15) is 5.82 Å². The number of benzene rings is 2. The quantitative estimate of drug-likeness (QED) is 0.640. The highest BCUT2D eigenvalue weighted by Gasteiger charge is 2.18. The number of halogens is 3. The van der Waals surface area contributed by atoms with Crippen LogP contribution < -0.4 is 4.90 Å². The van der Waals surface area contributed by atoms with Crippen molar-refractivity contribution in [3.05, 3.63) is 61.9 Å². The number of carbonyl (C=O) groups excluding carboxylic acids is 1. The molecule has 0 aliphatic heterocycles. The lowest BCUT2D eigenvalue weighted by atomic mass is 10.2. The molecule has 2 rings (SSSR count). The largest absolute Gasteiger partial charge is 0.309 e. The molecule has 98 valence electrons. The molecular weight excluding hydrogens is 424 g/mol. The van der Waals surface area contributed by atoms with Gasteiger partial charge in [-0.3, -0.25) is 4.79 Å². The zero-order chi connectivity index (χ0) is 14.0. The van der Waals surface area contributed by atoms with Gasteiger partial charge in [0, 0.05) is 15.1 Å². The number of amides is 1. The maximum atomic E-state index is 13.7. The minimum Gasteiger partial charge on any atom is -0.309 e. The van der Waals surface area contributed by atoms with Crippen LogP contribution in [-0.4, -0.2) is 13.0 Å². The van der Waals surface area contributed by atoms with Crippen LogP contribution >= 0.6 is 38.5 Å². The lowest BCUT2D eigenvalue weighted by Gasteiger charge is -2.18. The molecule has 0 atom stereocenters. The Balaban J connectivity index is 2.39. The summed E-state index contributed by atoms with van der Waals surface area (Å²) in [6.07, 6.45) is 0. The van der Waals surface area contributed by atoms with Crippen LogP contribution in [0.25, 0.3) is 0 Å². The SMILES string of the molecule is CN(C(=O)c1cc(I)ccc1Br)c1ccccc1F. The molecule has 0 saturated heterocycles. The first-order valence-electron chi connectivity index (χ1n) is 5.48. The molecule has 0 radical (unpaired) electrons. The van der Waals surface area contributed by atoms with Crippen molar-refractivity contribution >= 4 is 50.1 Å². The lowest BCUT2D eigenvalue weighted by Crippen LogP contribution is -2.27. The highest BCUT2D eigenvalue weighted by molar-refractivity contribution is 14.1. The van der Waals surface area contributed by atoms with Crippen molar-refractivity contribution < 1.29 is 9.18 Å². The lowest BCUT2D eigenvalue weighted by molar-refractivity contribution is 0.0991. The summed E-state index contributed by atoms with van der Waals surface area (Å²) in [6.45, 7) is 0. The normalized spacial score (nSPS) is 10.3. The topological polar surface area (TPSA) is 20.3 Å². The monoisotopic (exact) mass is 433 g/mol. The molecule has 0 bridgehead atoms. The Labute approximate surface area is 132 Å². The van der Waals surface area contributed by atoms with Crippen LogP contribution in [0.3, 0.4) is 0 Å². The van der Waals surface area contributed by atoms with Crippen molar-refractivity contribution in [1.82, 2.24) is 0 Å². The molecular formula is C14H10BrFINO. The summed E-state index contributed by atoms with van der Waals surface area (Å²) in [6, 6.07) is 11.7. The van der Waals surface area contributed by atoms with Crippen LogP contribution in [0.1, 0.15) is 10.4 Å². The molecule has 2 aromatic carbocycles.